The van der Waals surface area contributed by atoms with Crippen molar-refractivity contribution in [3.63, 3.8) is 0 Å². The van der Waals surface area contributed by atoms with Gasteiger partial charge in [-0.2, -0.15) is 0 Å². The SMILES string of the molecule is CCCC(NC(=O)[C@@H]1[C@H]2CCC(F)(F)[C@H]2CN1C(=O)[C@@H](NC(=O)C(NC(=O)c1nccn1Cc1ccccc1)C1CCCCC1)C(C)(C)C)C(O)C(=O)NC1CC1. The number of benzene rings is 1. The Balaban J connectivity index is 1.23. The second kappa shape index (κ2) is 17.6. The zero-order valence-corrected chi connectivity index (χ0v) is 33.5. The average Bonchev–Trinajstić information content (AvgIpc) is 3.58. The molecule has 312 valence electrons. The Labute approximate surface area is 333 Å². The van der Waals surface area contributed by atoms with Crippen molar-refractivity contribution < 1.29 is 37.9 Å². The molecule has 0 radical (unpaired) electrons. The van der Waals surface area contributed by atoms with Crippen LogP contribution in [0, 0.1) is 23.2 Å². The summed E-state index contributed by atoms with van der Waals surface area (Å²) in [5, 5.41) is 22.3. The molecule has 0 spiro atoms. The maximum absolute atomic E-state index is 15.4. The summed E-state index contributed by atoms with van der Waals surface area (Å²) >= 11 is 0. The van der Waals surface area contributed by atoms with Gasteiger partial charge in [-0.25, -0.2) is 13.8 Å². The molecule has 1 aromatic carbocycles. The first kappa shape index (κ1) is 42.2. The minimum absolute atomic E-state index is 0.00502. The summed E-state index contributed by atoms with van der Waals surface area (Å²) in [5.41, 5.74) is 0.0210. The molecule has 2 aromatic rings. The first-order valence-electron chi connectivity index (χ1n) is 20.7. The number of likely N-dealkylation sites (tertiary alicyclic amines) is 1. The fourth-order valence-corrected chi connectivity index (χ4v) is 8.95. The lowest BCUT2D eigenvalue weighted by molar-refractivity contribution is -0.146. The van der Waals surface area contributed by atoms with Crippen molar-refractivity contribution >= 4 is 29.5 Å². The van der Waals surface area contributed by atoms with Crippen LogP contribution in [0.3, 0.4) is 0 Å². The van der Waals surface area contributed by atoms with Crippen LogP contribution >= 0.6 is 0 Å². The number of aliphatic hydroxyl groups excluding tert-OH is 1. The maximum Gasteiger partial charge on any atom is 0.287 e. The Morgan fingerprint density at radius 3 is 2.30 bits per heavy atom. The molecule has 5 N–H and O–H groups in total. The third-order valence-electron chi connectivity index (χ3n) is 12.3. The monoisotopic (exact) mass is 795 g/mol. The van der Waals surface area contributed by atoms with Crippen LogP contribution in [0.4, 0.5) is 8.78 Å². The number of nitrogens with one attached hydrogen (secondary N) is 4. The highest BCUT2D eigenvalue weighted by atomic mass is 19.3. The number of aliphatic hydroxyl groups is 1. The number of carbonyl (C=O) groups excluding carboxylic acids is 5. The second-order valence-corrected chi connectivity index (χ2v) is 17.7. The van der Waals surface area contributed by atoms with E-state index in [0.29, 0.717) is 25.8 Å². The van der Waals surface area contributed by atoms with E-state index in [1.54, 1.807) is 31.5 Å². The molecule has 0 bridgehead atoms. The summed E-state index contributed by atoms with van der Waals surface area (Å²) in [5.74, 6) is -8.50. The molecule has 13 nitrogen and oxygen atoms in total. The van der Waals surface area contributed by atoms with Crippen molar-refractivity contribution in [3.05, 3.63) is 54.1 Å². The molecule has 1 aliphatic heterocycles. The number of nitrogens with zero attached hydrogens (tertiary/aromatic N) is 3. The van der Waals surface area contributed by atoms with Gasteiger partial charge in [0, 0.05) is 43.9 Å². The van der Waals surface area contributed by atoms with E-state index in [1.807, 2.05) is 37.3 Å². The molecule has 6 rings (SSSR count). The number of rotatable bonds is 15. The number of hydrogen-bond donors (Lipinski definition) is 5. The zero-order chi connectivity index (χ0) is 41.1. The molecule has 57 heavy (non-hydrogen) atoms. The first-order valence-corrected chi connectivity index (χ1v) is 20.7. The summed E-state index contributed by atoms with van der Waals surface area (Å²) < 4.78 is 32.5. The van der Waals surface area contributed by atoms with Crippen LogP contribution in [-0.2, 0) is 25.7 Å². The molecule has 5 amide bonds. The summed E-state index contributed by atoms with van der Waals surface area (Å²) in [7, 11) is 0. The van der Waals surface area contributed by atoms with Crippen LogP contribution in [-0.4, -0.2) is 97.9 Å². The number of carbonyl (C=O) groups is 5. The van der Waals surface area contributed by atoms with Crippen molar-refractivity contribution in [2.75, 3.05) is 6.54 Å². The topological polar surface area (TPSA) is 175 Å². The Morgan fingerprint density at radius 2 is 1.65 bits per heavy atom. The second-order valence-electron chi connectivity index (χ2n) is 17.7. The number of amides is 5. The van der Waals surface area contributed by atoms with Crippen molar-refractivity contribution in [2.45, 2.75) is 147 Å². The average molecular weight is 796 g/mol. The van der Waals surface area contributed by atoms with Gasteiger partial charge in [-0.15, -0.1) is 0 Å². The summed E-state index contributed by atoms with van der Waals surface area (Å²) in [6.07, 6.45) is 7.70. The van der Waals surface area contributed by atoms with Crippen molar-refractivity contribution in [2.24, 2.45) is 23.2 Å². The molecule has 3 saturated carbocycles. The molecule has 15 heteroatoms. The Morgan fingerprint density at radius 1 is 0.947 bits per heavy atom. The third kappa shape index (κ3) is 9.84. The summed E-state index contributed by atoms with van der Waals surface area (Å²) in [4.78, 5) is 75.6. The minimum Gasteiger partial charge on any atom is -0.381 e. The molecule has 3 unspecified atom stereocenters. The van der Waals surface area contributed by atoms with E-state index < -0.39 is 95.9 Å². The lowest BCUT2D eigenvalue weighted by Crippen LogP contribution is -2.62. The molecule has 7 atom stereocenters. The van der Waals surface area contributed by atoms with Crippen molar-refractivity contribution in [3.8, 4) is 0 Å². The molecule has 3 aliphatic carbocycles. The Kier molecular flexibility index (Phi) is 13.0. The van der Waals surface area contributed by atoms with Crippen LogP contribution in [0.25, 0.3) is 0 Å². The van der Waals surface area contributed by atoms with E-state index in [-0.39, 0.29) is 30.6 Å². The van der Waals surface area contributed by atoms with Crippen LogP contribution in [0.2, 0.25) is 0 Å². The molecule has 4 fully saturated rings. The van der Waals surface area contributed by atoms with E-state index in [0.717, 1.165) is 37.7 Å². The highest BCUT2D eigenvalue weighted by Crippen LogP contribution is 2.51. The number of alkyl halides is 2. The fourth-order valence-electron chi connectivity index (χ4n) is 8.95. The van der Waals surface area contributed by atoms with Gasteiger partial charge in [0.25, 0.3) is 17.7 Å². The first-order chi connectivity index (χ1) is 27.1. The molecule has 1 saturated heterocycles. The van der Waals surface area contributed by atoms with Gasteiger partial charge in [-0.05, 0) is 61.3 Å². The molecular weight excluding hydrogens is 737 g/mol. The van der Waals surface area contributed by atoms with Gasteiger partial charge in [0.1, 0.15) is 18.1 Å². The smallest absolute Gasteiger partial charge is 0.287 e. The van der Waals surface area contributed by atoms with Gasteiger partial charge in [0.2, 0.25) is 17.7 Å². The lowest BCUT2D eigenvalue weighted by Gasteiger charge is -2.38. The van der Waals surface area contributed by atoms with Crippen LogP contribution in [0.15, 0.2) is 42.7 Å². The van der Waals surface area contributed by atoms with Crippen molar-refractivity contribution in [1.82, 2.24) is 35.7 Å². The van der Waals surface area contributed by atoms with Gasteiger partial charge >= 0.3 is 0 Å². The highest BCUT2D eigenvalue weighted by molar-refractivity contribution is 5.98. The maximum atomic E-state index is 15.4. The van der Waals surface area contributed by atoms with E-state index in [2.05, 4.69) is 26.3 Å². The molecular formula is C42H59F2N7O6. The number of halogens is 2. The summed E-state index contributed by atoms with van der Waals surface area (Å²) in [6, 6.07) is 4.99. The number of aromatic nitrogens is 2. The Bertz CT molecular complexity index is 1760. The van der Waals surface area contributed by atoms with E-state index in [4.69, 9.17) is 0 Å². The van der Waals surface area contributed by atoms with E-state index >= 15 is 8.78 Å². The highest BCUT2D eigenvalue weighted by Gasteiger charge is 2.61. The minimum atomic E-state index is -3.12. The molecule has 4 aliphatic rings. The molecule has 2 heterocycles. The zero-order valence-electron chi connectivity index (χ0n) is 33.5. The van der Waals surface area contributed by atoms with Gasteiger partial charge in [0.05, 0.1) is 6.04 Å². The van der Waals surface area contributed by atoms with Crippen LogP contribution in [0.5, 0.6) is 0 Å². The lowest BCUT2D eigenvalue weighted by atomic mass is 9.82. The number of hydrogen-bond acceptors (Lipinski definition) is 7. The van der Waals surface area contributed by atoms with E-state index in [9.17, 15) is 29.1 Å². The van der Waals surface area contributed by atoms with Crippen molar-refractivity contribution in [1.29, 1.82) is 0 Å². The van der Waals surface area contributed by atoms with Crippen LogP contribution in [0.1, 0.15) is 115 Å². The predicted octanol–water partition coefficient (Wildman–Crippen LogP) is 3.94. The standard InChI is InChI=1S/C42H59F2N7O6/c1-5-12-30(33(52)38(55)46-27-17-18-27)47-37(54)32-28-19-20-42(43,44)29(28)24-51(32)40(57)34(41(2,3)4)49-36(53)31(26-15-10-7-11-16-26)48-39(56)35-45-21-22-50(35)23-25-13-8-6-9-14-25/h6,8-9,13-14,21-22,26-34,52H,5,7,10-12,15-20,23-24H2,1-4H3,(H,46,55)(H,47,54)(H,48,56)(H,49,53)/t28-,29-,30?,31?,32-,33?,34+/m0/s1. The van der Waals surface area contributed by atoms with Crippen LogP contribution < -0.4 is 21.3 Å². The van der Waals surface area contributed by atoms with Gasteiger partial charge in [-0.1, -0.05) is 83.7 Å². The van der Waals surface area contributed by atoms with Gasteiger partial charge in [-0.3, -0.25) is 24.0 Å². The fraction of sp³-hybridized carbons (Fsp3) is 0.667. The van der Waals surface area contributed by atoms with Gasteiger partial charge < -0.3 is 35.8 Å². The quantitative estimate of drug-likeness (QED) is 0.182. The largest absolute Gasteiger partial charge is 0.381 e. The Hall–Kier alpha value is -4.40. The third-order valence-corrected chi connectivity index (χ3v) is 12.3. The van der Waals surface area contributed by atoms with Gasteiger partial charge in [0.15, 0.2) is 11.9 Å². The molecule has 1 aromatic heterocycles. The normalized spacial score (nSPS) is 24.1. The summed E-state index contributed by atoms with van der Waals surface area (Å²) in [6.45, 7) is 7.07. The number of fused-ring (bicyclic) bond motifs is 1. The predicted molar refractivity (Wildman–Crippen MR) is 208 cm³/mol. The van der Waals surface area contributed by atoms with E-state index in [1.165, 1.54) is 11.1 Å². The number of imidazole rings is 1.